The Kier molecular flexibility index (Phi) is 3.12. The number of rotatable bonds is 3. The van der Waals surface area contributed by atoms with Crippen LogP contribution in [0.3, 0.4) is 0 Å². The van der Waals surface area contributed by atoms with Gasteiger partial charge in [0.1, 0.15) is 5.82 Å². The summed E-state index contributed by atoms with van der Waals surface area (Å²) in [5.41, 5.74) is 3.20. The first kappa shape index (κ1) is 13.5. The van der Waals surface area contributed by atoms with Crippen LogP contribution in [0.25, 0.3) is 0 Å². The van der Waals surface area contributed by atoms with Crippen LogP contribution < -0.4 is 4.90 Å². The van der Waals surface area contributed by atoms with E-state index in [1.54, 1.807) is 11.1 Å². The molecule has 0 aliphatic carbocycles. The quantitative estimate of drug-likeness (QED) is 0.810. The third-order valence-corrected chi connectivity index (χ3v) is 3.90. The van der Waals surface area contributed by atoms with Crippen LogP contribution in [-0.2, 0) is 11.3 Å². The molecule has 2 aromatic rings. The van der Waals surface area contributed by atoms with E-state index in [0.717, 1.165) is 22.6 Å². The second-order valence-electron chi connectivity index (χ2n) is 5.43. The molecule has 1 aromatic heterocycles. The van der Waals surface area contributed by atoms with Gasteiger partial charge >= 0.3 is 0 Å². The molecule has 1 aromatic carbocycles. The van der Waals surface area contributed by atoms with Crippen molar-refractivity contribution in [3.63, 3.8) is 0 Å². The number of amides is 1. The molecular weight excluding hydrogens is 266 g/mol. The van der Waals surface area contributed by atoms with E-state index in [0.29, 0.717) is 18.7 Å². The Morgan fingerprint density at radius 2 is 1.86 bits per heavy atom. The molecule has 21 heavy (non-hydrogen) atoms. The van der Waals surface area contributed by atoms with Crippen molar-refractivity contribution in [1.29, 1.82) is 0 Å². The number of anilines is 1. The van der Waals surface area contributed by atoms with E-state index in [2.05, 4.69) is 4.98 Å². The molecule has 5 nitrogen and oxygen atoms in total. The van der Waals surface area contributed by atoms with Crippen molar-refractivity contribution in [2.75, 3.05) is 11.4 Å². The topological polar surface area (TPSA) is 55.2 Å². The van der Waals surface area contributed by atoms with Crippen molar-refractivity contribution in [3.8, 4) is 0 Å². The van der Waals surface area contributed by atoms with E-state index in [9.17, 15) is 9.59 Å². The van der Waals surface area contributed by atoms with Crippen LogP contribution in [0.5, 0.6) is 0 Å². The predicted octanol–water partition coefficient (Wildman–Crippen LogP) is 2.04. The molecule has 0 N–H and O–H groups in total. The smallest absolute Gasteiger partial charge is 0.299 e. The van der Waals surface area contributed by atoms with Crippen LogP contribution in [0.2, 0.25) is 0 Å². The van der Waals surface area contributed by atoms with Crippen LogP contribution in [-0.4, -0.2) is 27.8 Å². The highest BCUT2D eigenvalue weighted by atomic mass is 16.2. The number of fused-ring (bicyclic) bond motifs is 1. The number of carbonyl (C=O) groups is 2. The van der Waals surface area contributed by atoms with Crippen molar-refractivity contribution in [3.05, 3.63) is 47.0 Å². The Morgan fingerprint density at radius 1 is 1.10 bits per heavy atom. The summed E-state index contributed by atoms with van der Waals surface area (Å²) in [5, 5.41) is 0. The largest absolute Gasteiger partial charge is 0.333 e. The Hall–Kier alpha value is -2.43. The second kappa shape index (κ2) is 4.84. The van der Waals surface area contributed by atoms with Gasteiger partial charge < -0.3 is 9.47 Å². The van der Waals surface area contributed by atoms with Gasteiger partial charge in [-0.05, 0) is 38.0 Å². The lowest BCUT2D eigenvalue weighted by atomic mass is 10.0. The van der Waals surface area contributed by atoms with Gasteiger partial charge in [0.2, 0.25) is 0 Å². The van der Waals surface area contributed by atoms with Gasteiger partial charge in [-0.1, -0.05) is 6.07 Å². The fourth-order valence-electron chi connectivity index (χ4n) is 2.86. The van der Waals surface area contributed by atoms with Crippen molar-refractivity contribution in [1.82, 2.24) is 9.55 Å². The predicted molar refractivity (Wildman–Crippen MR) is 79.6 cm³/mol. The summed E-state index contributed by atoms with van der Waals surface area (Å²) in [6.07, 6.45) is 3.61. The van der Waals surface area contributed by atoms with E-state index < -0.39 is 11.7 Å². The molecule has 108 valence electrons. The highest BCUT2D eigenvalue weighted by Gasteiger charge is 2.36. The lowest BCUT2D eigenvalue weighted by Crippen LogP contribution is -2.32. The molecule has 2 heterocycles. The van der Waals surface area contributed by atoms with E-state index in [-0.39, 0.29) is 0 Å². The first-order chi connectivity index (χ1) is 9.99. The van der Waals surface area contributed by atoms with Gasteiger partial charge in [0.15, 0.2) is 0 Å². The van der Waals surface area contributed by atoms with Crippen molar-refractivity contribution < 1.29 is 9.59 Å². The molecule has 0 unspecified atom stereocenters. The Labute approximate surface area is 123 Å². The fraction of sp³-hybridized carbons (Fsp3) is 0.312. The van der Waals surface area contributed by atoms with E-state index in [1.807, 2.05) is 43.7 Å². The molecule has 0 fully saturated rings. The highest BCUT2D eigenvalue weighted by molar-refractivity contribution is 6.52. The number of hydrogen-bond acceptors (Lipinski definition) is 3. The van der Waals surface area contributed by atoms with Gasteiger partial charge in [-0.15, -0.1) is 0 Å². The fourth-order valence-corrected chi connectivity index (χ4v) is 2.86. The molecule has 0 bridgehead atoms. The number of ketones is 1. The van der Waals surface area contributed by atoms with Gasteiger partial charge in [-0.2, -0.15) is 0 Å². The summed E-state index contributed by atoms with van der Waals surface area (Å²) in [7, 11) is 0. The Balaban J connectivity index is 1.92. The Bertz CT molecular complexity index is 746. The minimum Gasteiger partial charge on any atom is -0.333 e. The maximum atomic E-state index is 12.2. The van der Waals surface area contributed by atoms with Crippen LogP contribution in [0.1, 0.15) is 27.3 Å². The molecule has 0 saturated heterocycles. The summed E-state index contributed by atoms with van der Waals surface area (Å²) < 4.78 is 1.97. The third kappa shape index (κ3) is 2.14. The van der Waals surface area contributed by atoms with E-state index in [4.69, 9.17) is 0 Å². The molecule has 5 heteroatoms. The lowest BCUT2D eigenvalue weighted by Gasteiger charge is -2.18. The number of nitrogens with zero attached hydrogens (tertiary/aromatic N) is 3. The number of carbonyl (C=O) groups excluding carboxylic acids is 2. The SMILES string of the molecule is Cc1cc(C)c2c(c1)N(CCn1ccnc1C)C(=O)C2=O. The average molecular weight is 283 g/mol. The molecule has 3 rings (SSSR count). The van der Waals surface area contributed by atoms with Gasteiger partial charge in [-0.3, -0.25) is 9.59 Å². The summed E-state index contributed by atoms with van der Waals surface area (Å²) in [5.74, 6) is 0.0648. The Morgan fingerprint density at radius 3 is 2.52 bits per heavy atom. The van der Waals surface area contributed by atoms with Crippen molar-refractivity contribution in [2.24, 2.45) is 0 Å². The third-order valence-electron chi connectivity index (χ3n) is 3.90. The van der Waals surface area contributed by atoms with Gasteiger partial charge in [0.25, 0.3) is 11.7 Å². The summed E-state index contributed by atoms with van der Waals surface area (Å²) in [6.45, 7) is 6.85. The van der Waals surface area contributed by atoms with Gasteiger partial charge in [0, 0.05) is 25.5 Å². The van der Waals surface area contributed by atoms with Gasteiger partial charge in [-0.25, -0.2) is 4.98 Å². The molecular formula is C16H17N3O2. The average Bonchev–Trinajstić information content (AvgIpc) is 2.92. The van der Waals surface area contributed by atoms with E-state index in [1.165, 1.54) is 0 Å². The molecule has 0 spiro atoms. The minimum absolute atomic E-state index is 0.398. The molecule has 0 saturated carbocycles. The zero-order valence-electron chi connectivity index (χ0n) is 12.4. The summed E-state index contributed by atoms with van der Waals surface area (Å²) >= 11 is 0. The van der Waals surface area contributed by atoms with Crippen LogP contribution >= 0.6 is 0 Å². The minimum atomic E-state index is -0.434. The highest BCUT2D eigenvalue weighted by Crippen LogP contribution is 2.32. The lowest BCUT2D eigenvalue weighted by molar-refractivity contribution is -0.114. The molecule has 0 radical (unpaired) electrons. The van der Waals surface area contributed by atoms with E-state index >= 15 is 0 Å². The number of Topliss-reactive ketones (excluding diaryl/α,β-unsaturated/α-hetero) is 1. The van der Waals surface area contributed by atoms with Gasteiger partial charge in [0.05, 0.1) is 11.3 Å². The maximum Gasteiger partial charge on any atom is 0.299 e. The standard InChI is InChI=1S/C16H17N3O2/c1-10-8-11(2)14-13(9-10)19(16(21)15(14)20)7-6-18-5-4-17-12(18)3/h4-5,8-9H,6-7H2,1-3H3. The summed E-state index contributed by atoms with van der Waals surface area (Å²) in [4.78, 5) is 30.1. The second-order valence-corrected chi connectivity index (χ2v) is 5.43. The first-order valence-electron chi connectivity index (χ1n) is 6.94. The number of aromatic nitrogens is 2. The van der Waals surface area contributed by atoms with Crippen LogP contribution in [0, 0.1) is 20.8 Å². The number of imidazole rings is 1. The number of hydrogen-bond donors (Lipinski definition) is 0. The van der Waals surface area contributed by atoms with Crippen molar-refractivity contribution >= 4 is 17.4 Å². The summed E-state index contributed by atoms with van der Waals surface area (Å²) in [6, 6.07) is 3.85. The monoisotopic (exact) mass is 283 g/mol. The first-order valence-corrected chi connectivity index (χ1v) is 6.94. The molecule has 1 aliphatic heterocycles. The van der Waals surface area contributed by atoms with Crippen LogP contribution in [0.15, 0.2) is 24.5 Å². The normalized spacial score (nSPS) is 14.0. The molecule has 0 atom stereocenters. The van der Waals surface area contributed by atoms with Crippen molar-refractivity contribution in [2.45, 2.75) is 27.3 Å². The molecule has 1 aliphatic rings. The zero-order valence-corrected chi connectivity index (χ0v) is 12.4. The molecule has 1 amide bonds. The number of aryl methyl sites for hydroxylation is 3. The van der Waals surface area contributed by atoms with Crippen LogP contribution in [0.4, 0.5) is 5.69 Å². The number of benzene rings is 1. The zero-order chi connectivity index (χ0) is 15.1. The maximum absolute atomic E-state index is 12.2.